The maximum Gasteiger partial charge on any atom is 0.0110 e. The highest BCUT2D eigenvalue weighted by atomic mass is 15.3. The molecule has 5 heteroatoms. The summed E-state index contributed by atoms with van der Waals surface area (Å²) in [5, 5.41) is 3.78. The number of rotatable bonds is 59. The largest absolute Gasteiger partial charge is 0.315 e. The molecule has 5 nitrogen and oxygen atoms in total. The van der Waals surface area contributed by atoms with Gasteiger partial charge < -0.3 is 15.1 Å². The zero-order chi connectivity index (χ0) is 49.4. The van der Waals surface area contributed by atoms with Crippen molar-refractivity contribution in [3.05, 3.63) is 0 Å². The number of unbranched alkanes of at least 4 members (excludes halogenated alkanes) is 42. The van der Waals surface area contributed by atoms with Crippen molar-refractivity contribution in [2.45, 2.75) is 323 Å². The molecular formula is C64H133N5. The van der Waals surface area contributed by atoms with Crippen molar-refractivity contribution in [3.8, 4) is 0 Å². The molecule has 0 aromatic carbocycles. The van der Waals surface area contributed by atoms with Crippen LogP contribution >= 0.6 is 0 Å². The van der Waals surface area contributed by atoms with Crippen LogP contribution in [0.4, 0.5) is 0 Å². The minimum atomic E-state index is 1.17. The third-order valence-electron chi connectivity index (χ3n) is 16.2. The first-order chi connectivity index (χ1) is 34.2. The summed E-state index contributed by atoms with van der Waals surface area (Å²) in [7, 11) is 0. The van der Waals surface area contributed by atoms with E-state index in [-0.39, 0.29) is 0 Å². The minimum absolute atomic E-state index is 1.17. The summed E-state index contributed by atoms with van der Waals surface area (Å²) in [4.78, 5) is 11.4. The smallest absolute Gasteiger partial charge is 0.0110 e. The second-order valence-corrected chi connectivity index (χ2v) is 23.0. The van der Waals surface area contributed by atoms with Gasteiger partial charge >= 0.3 is 0 Å². The summed E-state index contributed by atoms with van der Waals surface area (Å²) in [5.74, 6) is 0. The monoisotopic (exact) mass is 972 g/mol. The van der Waals surface area contributed by atoms with E-state index in [1.165, 1.54) is 387 Å². The van der Waals surface area contributed by atoms with Crippen molar-refractivity contribution in [2.24, 2.45) is 0 Å². The van der Waals surface area contributed by atoms with Gasteiger partial charge in [-0.3, -0.25) is 9.80 Å². The molecule has 1 saturated heterocycles. The van der Waals surface area contributed by atoms with E-state index < -0.39 is 0 Å². The molecule has 0 spiro atoms. The van der Waals surface area contributed by atoms with Crippen LogP contribution in [0.1, 0.15) is 323 Å². The lowest BCUT2D eigenvalue weighted by atomic mass is 10.0. The predicted octanol–water partition coefficient (Wildman–Crippen LogP) is 18.8. The Morgan fingerprint density at radius 3 is 0.754 bits per heavy atom. The zero-order valence-corrected chi connectivity index (χ0v) is 48.7. The Labute approximate surface area is 437 Å². The van der Waals surface area contributed by atoms with E-state index in [9.17, 15) is 0 Å². The Bertz CT molecular complexity index is 894. The van der Waals surface area contributed by atoms with Crippen LogP contribution in [-0.2, 0) is 0 Å². The van der Waals surface area contributed by atoms with Crippen molar-refractivity contribution in [1.29, 1.82) is 0 Å². The van der Waals surface area contributed by atoms with E-state index in [1.54, 1.807) is 0 Å². The van der Waals surface area contributed by atoms with Crippen LogP contribution in [0.3, 0.4) is 0 Å². The Kier molecular flexibility index (Phi) is 55.3. The average molecular weight is 973 g/mol. The minimum Gasteiger partial charge on any atom is -0.315 e. The van der Waals surface area contributed by atoms with Crippen LogP contribution in [0.25, 0.3) is 0 Å². The third kappa shape index (κ3) is 49.8. The first-order valence-electron chi connectivity index (χ1n) is 32.8. The molecule has 414 valence electrons. The molecule has 1 rings (SSSR count). The fourth-order valence-electron chi connectivity index (χ4n) is 11.1. The third-order valence-corrected chi connectivity index (χ3v) is 16.2. The SMILES string of the molecule is CCCCCCCCCCCCCCN(CCCCCCCCCCCCCC)CCN(CCCCCCCCCCCCCC)CCN1CCN(CCNCCCCCCCCCCCC)CC1. The molecule has 0 bridgehead atoms. The number of piperazine rings is 1. The predicted molar refractivity (Wildman–Crippen MR) is 314 cm³/mol. The lowest BCUT2D eigenvalue weighted by molar-refractivity contribution is 0.114. The van der Waals surface area contributed by atoms with Crippen LogP contribution in [0.2, 0.25) is 0 Å². The van der Waals surface area contributed by atoms with Crippen LogP contribution in [0.15, 0.2) is 0 Å². The molecule has 1 heterocycles. The summed E-state index contributed by atoms with van der Waals surface area (Å²) >= 11 is 0. The van der Waals surface area contributed by atoms with E-state index in [2.05, 4.69) is 52.6 Å². The molecule has 0 aromatic rings. The fourth-order valence-corrected chi connectivity index (χ4v) is 11.1. The van der Waals surface area contributed by atoms with Gasteiger partial charge in [0.25, 0.3) is 0 Å². The van der Waals surface area contributed by atoms with Crippen LogP contribution in [0.5, 0.6) is 0 Å². The van der Waals surface area contributed by atoms with Gasteiger partial charge in [0.15, 0.2) is 0 Å². The number of hydrogen-bond donors (Lipinski definition) is 1. The van der Waals surface area contributed by atoms with E-state index in [4.69, 9.17) is 0 Å². The standard InChI is InChI=1S/C64H133N5/c1-5-9-13-17-21-25-29-32-36-40-44-48-53-66(54-49-45-41-37-33-30-26-22-18-14-10-6-2)57-58-67(55-50-46-42-38-34-31-27-23-19-15-11-7-3)59-62-69-63-60-68(61-64-69)56-52-65-51-47-43-39-35-28-24-20-16-12-8-4/h65H,5-64H2,1-4H3. The van der Waals surface area contributed by atoms with Crippen LogP contribution in [-0.4, -0.2) is 111 Å². The van der Waals surface area contributed by atoms with Crippen molar-refractivity contribution >= 4 is 0 Å². The number of nitrogens with zero attached hydrogens (tertiary/aromatic N) is 4. The summed E-state index contributed by atoms with van der Waals surface area (Å²) in [6.45, 7) is 27.0. The van der Waals surface area contributed by atoms with Gasteiger partial charge in [0.05, 0.1) is 0 Å². The Morgan fingerprint density at radius 1 is 0.232 bits per heavy atom. The molecule has 1 aliphatic rings. The molecular weight excluding hydrogens is 839 g/mol. The van der Waals surface area contributed by atoms with Gasteiger partial charge in [0, 0.05) is 65.4 Å². The topological polar surface area (TPSA) is 25.0 Å². The quantitative estimate of drug-likeness (QED) is 0.0613. The van der Waals surface area contributed by atoms with Crippen molar-refractivity contribution in [2.75, 3.05) is 91.6 Å². The van der Waals surface area contributed by atoms with Gasteiger partial charge in [-0.15, -0.1) is 0 Å². The fraction of sp³-hybridized carbons (Fsp3) is 1.00. The van der Waals surface area contributed by atoms with E-state index in [0.717, 1.165) is 0 Å². The number of nitrogens with one attached hydrogen (secondary N) is 1. The highest BCUT2D eigenvalue weighted by Crippen LogP contribution is 2.17. The molecule has 69 heavy (non-hydrogen) atoms. The lowest BCUT2D eigenvalue weighted by Gasteiger charge is -2.36. The van der Waals surface area contributed by atoms with E-state index in [1.807, 2.05) is 0 Å². The Balaban J connectivity index is 2.54. The first kappa shape index (κ1) is 66.8. The lowest BCUT2D eigenvalue weighted by Crippen LogP contribution is -2.50. The summed E-state index contributed by atoms with van der Waals surface area (Å²) in [6.07, 6.45) is 66.3. The van der Waals surface area contributed by atoms with Crippen molar-refractivity contribution in [3.63, 3.8) is 0 Å². The van der Waals surface area contributed by atoms with Crippen LogP contribution in [0, 0.1) is 0 Å². The molecule has 0 atom stereocenters. The summed E-state index contributed by atoms with van der Waals surface area (Å²) in [6, 6.07) is 0. The van der Waals surface area contributed by atoms with E-state index >= 15 is 0 Å². The van der Waals surface area contributed by atoms with Gasteiger partial charge in [-0.1, -0.05) is 297 Å². The van der Waals surface area contributed by atoms with Crippen molar-refractivity contribution < 1.29 is 0 Å². The maximum absolute atomic E-state index is 3.78. The molecule has 0 unspecified atom stereocenters. The summed E-state index contributed by atoms with van der Waals surface area (Å²) < 4.78 is 0. The van der Waals surface area contributed by atoms with Gasteiger partial charge in [0.1, 0.15) is 0 Å². The average Bonchev–Trinajstić information content (AvgIpc) is 3.36. The maximum atomic E-state index is 3.78. The highest BCUT2D eigenvalue weighted by molar-refractivity contribution is 4.75. The molecule has 0 aromatic heterocycles. The number of hydrogen-bond acceptors (Lipinski definition) is 5. The van der Waals surface area contributed by atoms with Gasteiger partial charge in [-0.2, -0.15) is 0 Å². The second-order valence-electron chi connectivity index (χ2n) is 23.0. The molecule has 0 amide bonds. The van der Waals surface area contributed by atoms with Gasteiger partial charge in [-0.25, -0.2) is 0 Å². The molecule has 0 radical (unpaired) electrons. The molecule has 1 aliphatic heterocycles. The van der Waals surface area contributed by atoms with E-state index in [0.29, 0.717) is 0 Å². The summed E-state index contributed by atoms with van der Waals surface area (Å²) in [5.41, 5.74) is 0. The first-order valence-corrected chi connectivity index (χ1v) is 32.8. The molecule has 0 aliphatic carbocycles. The zero-order valence-electron chi connectivity index (χ0n) is 48.7. The van der Waals surface area contributed by atoms with Crippen LogP contribution < -0.4 is 5.32 Å². The van der Waals surface area contributed by atoms with Gasteiger partial charge in [0.2, 0.25) is 0 Å². The Hall–Kier alpha value is -0.200. The normalized spacial score (nSPS) is 13.8. The Morgan fingerprint density at radius 2 is 0.464 bits per heavy atom. The van der Waals surface area contributed by atoms with Crippen molar-refractivity contribution in [1.82, 2.24) is 24.9 Å². The van der Waals surface area contributed by atoms with Gasteiger partial charge in [-0.05, 0) is 51.9 Å². The second kappa shape index (κ2) is 57.1. The highest BCUT2D eigenvalue weighted by Gasteiger charge is 2.18. The molecule has 1 fully saturated rings. The molecule has 1 N–H and O–H groups in total. The molecule has 0 saturated carbocycles.